The standard InChI is InChI=1S/C18H20BrN3OS/c1-12-11-24-18(20-12)22-7-5-21(6-8-22)17(23)16-10-15(16)13-3-2-4-14(19)9-13/h2-4,9,11,15-16H,5-8,10H2,1H3/t15-,16+/m0/s1. The molecule has 0 spiro atoms. The molecule has 1 amide bonds. The topological polar surface area (TPSA) is 36.4 Å². The van der Waals surface area contributed by atoms with Gasteiger partial charge in [0.2, 0.25) is 5.91 Å². The van der Waals surface area contributed by atoms with Crippen molar-refractivity contribution in [3.8, 4) is 0 Å². The number of aromatic nitrogens is 1. The van der Waals surface area contributed by atoms with Crippen molar-refractivity contribution in [1.82, 2.24) is 9.88 Å². The van der Waals surface area contributed by atoms with Crippen molar-refractivity contribution in [3.63, 3.8) is 0 Å². The molecule has 6 heteroatoms. The SMILES string of the molecule is Cc1csc(N2CCN(C(=O)[C@@H]3C[C@H]3c3cccc(Br)c3)CC2)n1. The summed E-state index contributed by atoms with van der Waals surface area (Å²) >= 11 is 5.21. The van der Waals surface area contributed by atoms with Crippen molar-refractivity contribution in [3.05, 3.63) is 45.4 Å². The number of piperazine rings is 1. The van der Waals surface area contributed by atoms with Gasteiger partial charge in [0.1, 0.15) is 0 Å². The lowest BCUT2D eigenvalue weighted by atomic mass is 10.1. The van der Waals surface area contributed by atoms with Crippen molar-refractivity contribution in [2.45, 2.75) is 19.3 Å². The van der Waals surface area contributed by atoms with Crippen LogP contribution in [0, 0.1) is 12.8 Å². The van der Waals surface area contributed by atoms with Crippen LogP contribution in [0.3, 0.4) is 0 Å². The molecule has 2 atom stereocenters. The van der Waals surface area contributed by atoms with Crippen LogP contribution >= 0.6 is 27.3 Å². The Hall–Kier alpha value is -1.40. The van der Waals surface area contributed by atoms with Gasteiger partial charge < -0.3 is 9.80 Å². The van der Waals surface area contributed by atoms with Gasteiger partial charge in [-0.2, -0.15) is 0 Å². The van der Waals surface area contributed by atoms with Crippen LogP contribution < -0.4 is 4.90 Å². The molecule has 4 nitrogen and oxygen atoms in total. The number of thiazole rings is 1. The van der Waals surface area contributed by atoms with Crippen LogP contribution in [0.4, 0.5) is 5.13 Å². The first-order chi connectivity index (χ1) is 11.6. The Bertz CT molecular complexity index is 754. The molecule has 24 heavy (non-hydrogen) atoms. The van der Waals surface area contributed by atoms with Gasteiger partial charge in [0.25, 0.3) is 0 Å². The molecule has 1 saturated carbocycles. The molecule has 0 unspecified atom stereocenters. The molecular formula is C18H20BrN3OS. The van der Waals surface area contributed by atoms with Crippen molar-refractivity contribution >= 4 is 38.3 Å². The lowest BCUT2D eigenvalue weighted by Gasteiger charge is -2.34. The Morgan fingerprint density at radius 2 is 2.08 bits per heavy atom. The molecule has 126 valence electrons. The first kappa shape index (κ1) is 16.1. The highest BCUT2D eigenvalue weighted by atomic mass is 79.9. The number of halogens is 1. The van der Waals surface area contributed by atoms with Crippen molar-refractivity contribution < 1.29 is 4.79 Å². The summed E-state index contributed by atoms with van der Waals surface area (Å²) in [4.78, 5) is 21.6. The number of amides is 1. The number of nitrogens with zero attached hydrogens (tertiary/aromatic N) is 3. The van der Waals surface area contributed by atoms with Gasteiger partial charge in [0.15, 0.2) is 5.13 Å². The van der Waals surface area contributed by atoms with E-state index in [1.807, 2.05) is 24.0 Å². The van der Waals surface area contributed by atoms with Crippen LogP contribution in [-0.2, 0) is 4.79 Å². The average Bonchev–Trinajstić information content (AvgIpc) is 3.28. The second-order valence-electron chi connectivity index (χ2n) is 6.59. The predicted octanol–water partition coefficient (Wildman–Crippen LogP) is 3.67. The zero-order valence-electron chi connectivity index (χ0n) is 13.6. The van der Waals surface area contributed by atoms with E-state index in [0.717, 1.165) is 47.9 Å². The van der Waals surface area contributed by atoms with E-state index in [-0.39, 0.29) is 5.92 Å². The Kier molecular flexibility index (Phi) is 4.35. The fourth-order valence-electron chi connectivity index (χ4n) is 3.41. The van der Waals surface area contributed by atoms with E-state index in [2.05, 4.69) is 43.3 Å². The summed E-state index contributed by atoms with van der Waals surface area (Å²) in [5.41, 5.74) is 2.35. The van der Waals surface area contributed by atoms with Crippen LogP contribution in [-0.4, -0.2) is 42.0 Å². The molecule has 1 saturated heterocycles. The summed E-state index contributed by atoms with van der Waals surface area (Å²) in [5, 5.41) is 3.16. The van der Waals surface area contributed by atoms with Crippen LogP contribution in [0.2, 0.25) is 0 Å². The summed E-state index contributed by atoms with van der Waals surface area (Å²) in [6, 6.07) is 8.35. The maximum atomic E-state index is 12.8. The number of benzene rings is 1. The third-order valence-electron chi connectivity index (χ3n) is 4.85. The van der Waals surface area contributed by atoms with E-state index in [4.69, 9.17) is 0 Å². The van der Waals surface area contributed by atoms with Gasteiger partial charge in [0, 0.05) is 41.9 Å². The van der Waals surface area contributed by atoms with Crippen LogP contribution in [0.5, 0.6) is 0 Å². The minimum atomic E-state index is 0.174. The zero-order valence-corrected chi connectivity index (χ0v) is 16.0. The third kappa shape index (κ3) is 3.22. The maximum Gasteiger partial charge on any atom is 0.226 e. The smallest absolute Gasteiger partial charge is 0.226 e. The Balaban J connectivity index is 1.34. The van der Waals surface area contributed by atoms with E-state index >= 15 is 0 Å². The predicted molar refractivity (Wildman–Crippen MR) is 101 cm³/mol. The molecule has 2 fully saturated rings. The third-order valence-corrected chi connectivity index (χ3v) is 6.37. The summed E-state index contributed by atoms with van der Waals surface area (Å²) < 4.78 is 1.09. The van der Waals surface area contributed by atoms with E-state index < -0.39 is 0 Å². The molecule has 1 aliphatic carbocycles. The first-order valence-corrected chi connectivity index (χ1v) is 10.0. The average molecular weight is 406 g/mol. The van der Waals surface area contributed by atoms with Gasteiger partial charge in [0.05, 0.1) is 5.69 Å². The molecule has 2 aliphatic rings. The Morgan fingerprint density at radius 3 is 2.75 bits per heavy atom. The largest absolute Gasteiger partial charge is 0.345 e. The molecule has 2 aromatic rings. The second-order valence-corrected chi connectivity index (χ2v) is 8.34. The maximum absolute atomic E-state index is 12.8. The lowest BCUT2D eigenvalue weighted by Crippen LogP contribution is -2.49. The molecule has 0 N–H and O–H groups in total. The minimum absolute atomic E-state index is 0.174. The number of carbonyl (C=O) groups excluding carboxylic acids is 1. The normalized spacial score (nSPS) is 23.4. The van der Waals surface area contributed by atoms with Crippen LogP contribution in [0.15, 0.2) is 34.1 Å². The molecule has 0 bridgehead atoms. The van der Waals surface area contributed by atoms with Crippen LogP contribution in [0.25, 0.3) is 0 Å². The number of hydrogen-bond acceptors (Lipinski definition) is 4. The highest BCUT2D eigenvalue weighted by Gasteiger charge is 2.46. The fourth-order valence-corrected chi connectivity index (χ4v) is 4.69. The minimum Gasteiger partial charge on any atom is -0.345 e. The van der Waals surface area contributed by atoms with Gasteiger partial charge >= 0.3 is 0 Å². The van der Waals surface area contributed by atoms with Gasteiger partial charge in [-0.05, 0) is 37.0 Å². The molecule has 2 heterocycles. The number of hydrogen-bond donors (Lipinski definition) is 0. The summed E-state index contributed by atoms with van der Waals surface area (Å²) in [7, 11) is 0. The zero-order chi connectivity index (χ0) is 16.7. The van der Waals surface area contributed by atoms with Crippen LogP contribution in [0.1, 0.15) is 23.6 Å². The summed E-state index contributed by atoms with van der Waals surface area (Å²) in [5.74, 6) is 0.901. The van der Waals surface area contributed by atoms with Gasteiger partial charge in [-0.15, -0.1) is 11.3 Å². The quantitative estimate of drug-likeness (QED) is 0.781. The molecule has 4 rings (SSSR count). The van der Waals surface area contributed by atoms with Gasteiger partial charge in [-0.1, -0.05) is 28.1 Å². The number of carbonyl (C=O) groups is 1. The Morgan fingerprint density at radius 1 is 1.29 bits per heavy atom. The van der Waals surface area contributed by atoms with E-state index in [9.17, 15) is 4.79 Å². The summed E-state index contributed by atoms with van der Waals surface area (Å²) in [6.45, 7) is 5.40. The molecule has 1 aromatic carbocycles. The number of anilines is 1. The van der Waals surface area contributed by atoms with Gasteiger partial charge in [-0.25, -0.2) is 4.98 Å². The lowest BCUT2D eigenvalue weighted by molar-refractivity contribution is -0.132. The summed E-state index contributed by atoms with van der Waals surface area (Å²) in [6.07, 6.45) is 0.987. The van der Waals surface area contributed by atoms with Crippen molar-refractivity contribution in [2.75, 3.05) is 31.1 Å². The highest BCUT2D eigenvalue weighted by Crippen LogP contribution is 2.49. The first-order valence-electron chi connectivity index (χ1n) is 8.33. The van der Waals surface area contributed by atoms with E-state index in [1.54, 1.807) is 11.3 Å². The Labute approximate surface area is 154 Å². The fraction of sp³-hybridized carbons (Fsp3) is 0.444. The second kappa shape index (κ2) is 6.48. The molecule has 1 aromatic heterocycles. The van der Waals surface area contributed by atoms with Crippen molar-refractivity contribution in [2.24, 2.45) is 5.92 Å². The van der Waals surface area contributed by atoms with Gasteiger partial charge in [-0.3, -0.25) is 4.79 Å². The number of rotatable bonds is 3. The number of aryl methyl sites for hydroxylation is 1. The highest BCUT2D eigenvalue weighted by molar-refractivity contribution is 9.10. The molecule has 0 radical (unpaired) electrons. The van der Waals surface area contributed by atoms with E-state index in [0.29, 0.717) is 11.8 Å². The monoisotopic (exact) mass is 405 g/mol. The molecular weight excluding hydrogens is 386 g/mol. The van der Waals surface area contributed by atoms with E-state index in [1.165, 1.54) is 5.56 Å². The van der Waals surface area contributed by atoms with Crippen molar-refractivity contribution in [1.29, 1.82) is 0 Å². The molecule has 1 aliphatic heterocycles.